The molecule has 11 heteroatoms. The van der Waals surface area contributed by atoms with Gasteiger partial charge in [-0.2, -0.15) is 13.2 Å². The smallest absolute Gasteiger partial charge is 0.382 e. The average molecular weight is 378 g/mol. The summed E-state index contributed by atoms with van der Waals surface area (Å²) in [6.07, 6.45) is -4.47. The van der Waals surface area contributed by atoms with E-state index in [2.05, 4.69) is 25.3 Å². The van der Waals surface area contributed by atoms with Gasteiger partial charge in [-0.05, 0) is 19.1 Å². The Bertz CT molecular complexity index is 1080. The predicted octanol–water partition coefficient (Wildman–Crippen LogP) is 1.73. The summed E-state index contributed by atoms with van der Waals surface area (Å²) in [5, 5.41) is 2.45. The quantitative estimate of drug-likeness (QED) is 0.637. The molecule has 4 N–H and O–H groups in total. The zero-order chi connectivity index (χ0) is 19.8. The molecule has 3 rings (SSSR count). The van der Waals surface area contributed by atoms with Crippen molar-refractivity contribution in [1.82, 2.24) is 25.3 Å². The molecular formula is C16H13F3N6O2. The molecule has 0 fully saturated rings. The Labute approximate surface area is 149 Å². The molecule has 0 radical (unpaired) electrons. The second-order valence-corrected chi connectivity index (χ2v) is 5.48. The van der Waals surface area contributed by atoms with E-state index in [9.17, 15) is 22.8 Å². The van der Waals surface area contributed by atoms with E-state index in [0.717, 1.165) is 12.1 Å². The molecule has 0 bridgehead atoms. The van der Waals surface area contributed by atoms with Crippen molar-refractivity contribution in [1.29, 1.82) is 0 Å². The number of hydrogen-bond acceptors (Lipinski definition) is 6. The van der Waals surface area contributed by atoms with Gasteiger partial charge in [0.2, 0.25) is 0 Å². The Morgan fingerprint density at radius 3 is 2.44 bits per heavy atom. The summed E-state index contributed by atoms with van der Waals surface area (Å²) in [4.78, 5) is 38.3. The molecule has 140 valence electrons. The summed E-state index contributed by atoms with van der Waals surface area (Å²) in [5.74, 6) is -0.791. The molecule has 1 amide bonds. The first-order chi connectivity index (χ1) is 12.7. The number of benzene rings is 1. The number of nitrogen functional groups attached to an aromatic ring is 1. The summed E-state index contributed by atoms with van der Waals surface area (Å²) in [7, 11) is 0. The van der Waals surface area contributed by atoms with Gasteiger partial charge in [0, 0.05) is 12.1 Å². The molecular weight excluding hydrogens is 365 g/mol. The molecule has 3 aromatic rings. The Morgan fingerprint density at radius 1 is 1.19 bits per heavy atom. The SMILES string of the molecule is CCNC(=O)c1nc2c(N)nc(-c3ccc(C(F)(F)F)cc3)nc2[nH]c1=O. The van der Waals surface area contributed by atoms with Crippen molar-refractivity contribution in [3.63, 3.8) is 0 Å². The lowest BCUT2D eigenvalue weighted by molar-refractivity contribution is -0.137. The van der Waals surface area contributed by atoms with E-state index in [1.54, 1.807) is 6.92 Å². The van der Waals surface area contributed by atoms with Crippen LogP contribution >= 0.6 is 0 Å². The fourth-order valence-electron chi connectivity index (χ4n) is 2.33. The van der Waals surface area contributed by atoms with Gasteiger partial charge in [-0.25, -0.2) is 15.0 Å². The number of carbonyl (C=O) groups is 1. The van der Waals surface area contributed by atoms with E-state index in [4.69, 9.17) is 5.73 Å². The van der Waals surface area contributed by atoms with Crippen LogP contribution in [-0.2, 0) is 6.18 Å². The van der Waals surface area contributed by atoms with Gasteiger partial charge in [-0.1, -0.05) is 12.1 Å². The number of aromatic nitrogens is 4. The van der Waals surface area contributed by atoms with Gasteiger partial charge in [0.05, 0.1) is 5.56 Å². The molecule has 0 spiro atoms. The fraction of sp³-hybridized carbons (Fsp3) is 0.188. The van der Waals surface area contributed by atoms with E-state index in [0.29, 0.717) is 6.54 Å². The topological polar surface area (TPSA) is 127 Å². The van der Waals surface area contributed by atoms with Gasteiger partial charge in [0.1, 0.15) is 5.52 Å². The highest BCUT2D eigenvalue weighted by Crippen LogP contribution is 2.30. The normalized spacial score (nSPS) is 11.6. The minimum atomic E-state index is -4.47. The molecule has 0 saturated heterocycles. The van der Waals surface area contributed by atoms with Crippen LogP contribution in [0.3, 0.4) is 0 Å². The van der Waals surface area contributed by atoms with Crippen molar-refractivity contribution in [2.24, 2.45) is 0 Å². The number of nitrogens with one attached hydrogen (secondary N) is 2. The van der Waals surface area contributed by atoms with Gasteiger partial charge in [0.15, 0.2) is 23.0 Å². The third-order valence-corrected chi connectivity index (χ3v) is 3.60. The highest BCUT2D eigenvalue weighted by molar-refractivity contribution is 5.94. The van der Waals surface area contributed by atoms with Crippen molar-refractivity contribution < 1.29 is 18.0 Å². The van der Waals surface area contributed by atoms with Gasteiger partial charge < -0.3 is 16.0 Å². The lowest BCUT2D eigenvalue weighted by atomic mass is 10.1. The molecule has 27 heavy (non-hydrogen) atoms. The number of anilines is 1. The van der Waals surface area contributed by atoms with Gasteiger partial charge in [0.25, 0.3) is 11.5 Å². The van der Waals surface area contributed by atoms with Crippen molar-refractivity contribution in [3.05, 3.63) is 45.9 Å². The van der Waals surface area contributed by atoms with Gasteiger partial charge in [-0.15, -0.1) is 0 Å². The lowest BCUT2D eigenvalue weighted by Gasteiger charge is -2.09. The van der Waals surface area contributed by atoms with Crippen molar-refractivity contribution in [3.8, 4) is 11.4 Å². The first-order valence-electron chi connectivity index (χ1n) is 7.74. The standard InChI is InChI=1S/C16H13F3N6O2/c1-2-21-14(26)10-15(27)25-13-9(22-10)11(20)23-12(24-13)7-3-5-8(6-4-7)16(17,18)19/h3-6H,2H2,1H3,(H,21,26)(H3,20,23,24,25,27). The van der Waals surface area contributed by atoms with Crippen LogP contribution in [-0.4, -0.2) is 32.4 Å². The second kappa shape index (κ2) is 6.67. The van der Waals surface area contributed by atoms with Gasteiger partial charge >= 0.3 is 6.18 Å². The van der Waals surface area contributed by atoms with Crippen molar-refractivity contribution >= 4 is 22.9 Å². The second-order valence-electron chi connectivity index (χ2n) is 5.48. The average Bonchev–Trinajstić information content (AvgIpc) is 2.60. The number of fused-ring (bicyclic) bond motifs is 1. The van der Waals surface area contributed by atoms with E-state index in [-0.39, 0.29) is 34.1 Å². The third kappa shape index (κ3) is 3.57. The number of nitrogens with two attached hydrogens (primary N) is 1. The third-order valence-electron chi connectivity index (χ3n) is 3.60. The molecule has 0 unspecified atom stereocenters. The number of alkyl halides is 3. The maximum atomic E-state index is 12.7. The molecule has 0 atom stereocenters. The molecule has 2 heterocycles. The molecule has 0 aliphatic carbocycles. The molecule has 0 aliphatic rings. The molecule has 2 aromatic heterocycles. The molecule has 0 aliphatic heterocycles. The zero-order valence-electron chi connectivity index (χ0n) is 13.9. The van der Waals surface area contributed by atoms with E-state index >= 15 is 0 Å². The molecule has 8 nitrogen and oxygen atoms in total. The Balaban J connectivity index is 2.08. The minimum Gasteiger partial charge on any atom is -0.382 e. The van der Waals surface area contributed by atoms with Crippen LogP contribution in [0, 0.1) is 0 Å². The van der Waals surface area contributed by atoms with Gasteiger partial charge in [-0.3, -0.25) is 9.59 Å². The Kier molecular flexibility index (Phi) is 4.52. The Hall–Kier alpha value is -3.50. The highest BCUT2D eigenvalue weighted by Gasteiger charge is 2.30. The summed E-state index contributed by atoms with van der Waals surface area (Å²) in [6, 6.07) is 4.16. The summed E-state index contributed by atoms with van der Waals surface area (Å²) in [6.45, 7) is 1.98. The minimum absolute atomic E-state index is 0.00603. The van der Waals surface area contributed by atoms with Crippen LogP contribution in [0.4, 0.5) is 19.0 Å². The zero-order valence-corrected chi connectivity index (χ0v) is 13.9. The first kappa shape index (κ1) is 18.3. The first-order valence-corrected chi connectivity index (χ1v) is 7.74. The lowest BCUT2D eigenvalue weighted by Crippen LogP contribution is -2.31. The van der Waals surface area contributed by atoms with Crippen LogP contribution in [0.1, 0.15) is 23.0 Å². The maximum Gasteiger partial charge on any atom is 0.416 e. The molecule has 0 saturated carbocycles. The summed E-state index contributed by atoms with van der Waals surface area (Å²) < 4.78 is 38.0. The van der Waals surface area contributed by atoms with E-state index in [1.807, 2.05) is 0 Å². The number of rotatable bonds is 3. The summed E-state index contributed by atoms with van der Waals surface area (Å²) in [5.41, 5.74) is 4.10. The number of hydrogen-bond donors (Lipinski definition) is 3. The largest absolute Gasteiger partial charge is 0.416 e. The number of nitrogens with zero attached hydrogens (tertiary/aromatic N) is 3. The number of halogens is 3. The number of H-pyrrole nitrogens is 1. The number of carbonyl (C=O) groups excluding carboxylic acids is 1. The fourth-order valence-corrected chi connectivity index (χ4v) is 2.33. The van der Waals surface area contributed by atoms with Crippen molar-refractivity contribution in [2.45, 2.75) is 13.1 Å². The van der Waals surface area contributed by atoms with Crippen LogP contribution in [0.25, 0.3) is 22.6 Å². The molecule has 1 aromatic carbocycles. The number of amides is 1. The monoisotopic (exact) mass is 378 g/mol. The van der Waals surface area contributed by atoms with Crippen LogP contribution in [0.15, 0.2) is 29.1 Å². The van der Waals surface area contributed by atoms with Crippen LogP contribution in [0.2, 0.25) is 0 Å². The van der Waals surface area contributed by atoms with Crippen LogP contribution < -0.4 is 16.6 Å². The predicted molar refractivity (Wildman–Crippen MR) is 90.8 cm³/mol. The van der Waals surface area contributed by atoms with Crippen molar-refractivity contribution in [2.75, 3.05) is 12.3 Å². The van der Waals surface area contributed by atoms with Crippen LogP contribution in [0.5, 0.6) is 0 Å². The Morgan fingerprint density at radius 2 is 1.85 bits per heavy atom. The summed E-state index contributed by atoms with van der Waals surface area (Å²) >= 11 is 0. The van der Waals surface area contributed by atoms with E-state index in [1.165, 1.54) is 12.1 Å². The number of aromatic amines is 1. The van der Waals surface area contributed by atoms with E-state index < -0.39 is 23.2 Å². The maximum absolute atomic E-state index is 12.7. The highest BCUT2D eigenvalue weighted by atomic mass is 19.4.